The summed E-state index contributed by atoms with van der Waals surface area (Å²) in [6, 6.07) is 8.63. The Morgan fingerprint density at radius 2 is 2.00 bits per heavy atom. The second-order valence-electron chi connectivity index (χ2n) is 4.11. The number of rotatable bonds is 4. The molecule has 1 saturated heterocycles. The molecule has 2 heteroatoms. The zero-order valence-corrected chi connectivity index (χ0v) is 9.79. The maximum atomic E-state index is 5.71. The van der Waals surface area contributed by atoms with Gasteiger partial charge in [0, 0.05) is 5.56 Å². The number of aryl methyl sites for hydroxylation is 1. The Labute approximate surface area is 91.9 Å². The lowest BCUT2D eigenvalue weighted by molar-refractivity contribution is 0.0866. The molecule has 0 amide bonds. The van der Waals surface area contributed by atoms with Crippen LogP contribution < -0.4 is 0 Å². The van der Waals surface area contributed by atoms with Gasteiger partial charge in [0.15, 0.2) is 5.72 Å². The fraction of sp³-hybridized carbons (Fsp3) is 0.538. The summed E-state index contributed by atoms with van der Waals surface area (Å²) in [5.41, 5.74) is 2.48. The topological polar surface area (TPSA) is 15.8 Å². The first-order valence-corrected chi connectivity index (χ1v) is 5.69. The van der Waals surface area contributed by atoms with E-state index in [1.165, 1.54) is 11.1 Å². The van der Waals surface area contributed by atoms with Crippen molar-refractivity contribution < 1.29 is 4.74 Å². The van der Waals surface area contributed by atoms with Gasteiger partial charge >= 0.3 is 0 Å². The molecule has 0 N–H and O–H groups in total. The number of likely N-dealkylation sites (N-methyl/N-ethyl adjacent to an activating group) is 1. The molecule has 1 atom stereocenters. The van der Waals surface area contributed by atoms with Crippen LogP contribution in [0.15, 0.2) is 24.3 Å². The van der Waals surface area contributed by atoms with Crippen LogP contribution in [0.1, 0.15) is 25.0 Å². The quantitative estimate of drug-likeness (QED) is 0.702. The third-order valence-electron chi connectivity index (χ3n) is 3.16. The van der Waals surface area contributed by atoms with Crippen molar-refractivity contribution in [2.24, 2.45) is 0 Å². The highest BCUT2D eigenvalue weighted by Crippen LogP contribution is 2.41. The molecule has 1 fully saturated rings. The van der Waals surface area contributed by atoms with Gasteiger partial charge in [-0.3, -0.25) is 4.90 Å². The fourth-order valence-corrected chi connectivity index (χ4v) is 2.22. The van der Waals surface area contributed by atoms with Crippen LogP contribution in [0, 0.1) is 6.92 Å². The van der Waals surface area contributed by atoms with E-state index in [1.54, 1.807) is 0 Å². The Morgan fingerprint density at radius 1 is 1.33 bits per heavy atom. The zero-order chi connectivity index (χ0) is 10.9. The molecule has 1 unspecified atom stereocenters. The molecular weight excluding hydrogens is 186 g/mol. The summed E-state index contributed by atoms with van der Waals surface area (Å²) < 4.78 is 5.71. The predicted molar refractivity (Wildman–Crippen MR) is 61.7 cm³/mol. The van der Waals surface area contributed by atoms with Crippen LogP contribution in [0.5, 0.6) is 0 Å². The van der Waals surface area contributed by atoms with Crippen LogP contribution in [0.2, 0.25) is 0 Å². The van der Waals surface area contributed by atoms with E-state index in [2.05, 4.69) is 49.9 Å². The van der Waals surface area contributed by atoms with Crippen molar-refractivity contribution in [3.63, 3.8) is 0 Å². The first kappa shape index (κ1) is 10.7. The summed E-state index contributed by atoms with van der Waals surface area (Å²) in [7, 11) is 0. The average Bonchev–Trinajstić information content (AvgIpc) is 3.01. The zero-order valence-electron chi connectivity index (χ0n) is 9.79. The lowest BCUT2D eigenvalue weighted by Crippen LogP contribution is -2.36. The molecule has 0 spiro atoms. The van der Waals surface area contributed by atoms with Crippen molar-refractivity contribution >= 4 is 0 Å². The number of ether oxygens (including phenoxy) is 1. The molecular formula is C13H19NO. The van der Waals surface area contributed by atoms with Crippen molar-refractivity contribution in [2.75, 3.05) is 19.7 Å². The fourth-order valence-electron chi connectivity index (χ4n) is 2.22. The van der Waals surface area contributed by atoms with Gasteiger partial charge in [-0.15, -0.1) is 0 Å². The van der Waals surface area contributed by atoms with E-state index in [1.807, 2.05) is 0 Å². The Balaban J connectivity index is 2.29. The monoisotopic (exact) mass is 205 g/mol. The highest BCUT2D eigenvalue weighted by molar-refractivity contribution is 5.30. The summed E-state index contributed by atoms with van der Waals surface area (Å²) in [4.78, 5) is 2.38. The number of nitrogens with zero attached hydrogens (tertiary/aromatic N) is 1. The third kappa shape index (κ3) is 1.80. The molecule has 0 saturated carbocycles. The predicted octanol–water partition coefficient (Wildman–Crippen LogP) is 2.52. The van der Waals surface area contributed by atoms with Crippen molar-refractivity contribution in [2.45, 2.75) is 26.5 Å². The van der Waals surface area contributed by atoms with E-state index >= 15 is 0 Å². The highest BCUT2D eigenvalue weighted by Gasteiger charge is 2.50. The van der Waals surface area contributed by atoms with E-state index in [4.69, 9.17) is 4.74 Å². The summed E-state index contributed by atoms with van der Waals surface area (Å²) in [5.74, 6) is 0. The van der Waals surface area contributed by atoms with Crippen LogP contribution in [0.4, 0.5) is 0 Å². The first-order valence-electron chi connectivity index (χ1n) is 5.69. The minimum absolute atomic E-state index is 0.116. The van der Waals surface area contributed by atoms with Gasteiger partial charge in [0.05, 0.1) is 6.61 Å². The summed E-state index contributed by atoms with van der Waals surface area (Å²) in [5, 5.41) is 0. The van der Waals surface area contributed by atoms with Crippen LogP contribution in [-0.4, -0.2) is 24.6 Å². The van der Waals surface area contributed by atoms with E-state index in [0.29, 0.717) is 0 Å². The van der Waals surface area contributed by atoms with Crippen molar-refractivity contribution in [3.05, 3.63) is 35.4 Å². The molecule has 2 rings (SSSR count). The van der Waals surface area contributed by atoms with Gasteiger partial charge in [0.1, 0.15) is 0 Å². The Morgan fingerprint density at radius 3 is 2.47 bits per heavy atom. The number of hydrogen-bond donors (Lipinski definition) is 0. The lowest BCUT2D eigenvalue weighted by atomic mass is 10.0. The second kappa shape index (κ2) is 3.95. The third-order valence-corrected chi connectivity index (χ3v) is 3.16. The van der Waals surface area contributed by atoms with Gasteiger partial charge in [-0.2, -0.15) is 0 Å². The van der Waals surface area contributed by atoms with E-state index in [9.17, 15) is 0 Å². The summed E-state index contributed by atoms with van der Waals surface area (Å²) >= 11 is 0. The molecule has 1 aromatic carbocycles. The molecule has 82 valence electrons. The summed E-state index contributed by atoms with van der Waals surface area (Å²) in [6.45, 7) is 9.39. The van der Waals surface area contributed by atoms with E-state index < -0.39 is 0 Å². The minimum Gasteiger partial charge on any atom is -0.349 e. The van der Waals surface area contributed by atoms with Gasteiger partial charge < -0.3 is 4.74 Å². The molecule has 0 aromatic heterocycles. The Hall–Kier alpha value is -0.860. The van der Waals surface area contributed by atoms with Crippen LogP contribution in [0.25, 0.3) is 0 Å². The SMILES string of the molecule is CCN(CC)C1(c2cccc(C)c2)CO1. The maximum Gasteiger partial charge on any atom is 0.171 e. The smallest absolute Gasteiger partial charge is 0.171 e. The Bertz CT molecular complexity index is 340. The Kier molecular flexibility index (Phi) is 2.81. The molecule has 0 bridgehead atoms. The van der Waals surface area contributed by atoms with E-state index in [-0.39, 0.29) is 5.72 Å². The maximum absolute atomic E-state index is 5.71. The molecule has 1 heterocycles. The molecule has 1 aliphatic heterocycles. The first-order chi connectivity index (χ1) is 7.23. The van der Waals surface area contributed by atoms with Crippen molar-refractivity contribution in [1.82, 2.24) is 4.90 Å². The van der Waals surface area contributed by atoms with Crippen molar-refractivity contribution in [1.29, 1.82) is 0 Å². The lowest BCUT2D eigenvalue weighted by Gasteiger charge is -2.26. The molecule has 1 aromatic rings. The minimum atomic E-state index is -0.116. The summed E-state index contributed by atoms with van der Waals surface area (Å²) in [6.07, 6.45) is 0. The molecule has 2 nitrogen and oxygen atoms in total. The molecule has 1 aliphatic rings. The van der Waals surface area contributed by atoms with Gasteiger partial charge in [0.2, 0.25) is 0 Å². The van der Waals surface area contributed by atoms with Crippen LogP contribution >= 0.6 is 0 Å². The van der Waals surface area contributed by atoms with Crippen molar-refractivity contribution in [3.8, 4) is 0 Å². The second-order valence-corrected chi connectivity index (χ2v) is 4.11. The van der Waals surface area contributed by atoms with E-state index in [0.717, 1.165) is 19.7 Å². The van der Waals surface area contributed by atoms with Crippen LogP contribution in [0.3, 0.4) is 0 Å². The molecule has 0 radical (unpaired) electrons. The standard InChI is InChI=1S/C13H19NO/c1-4-14(5-2)13(10-15-13)12-8-6-7-11(3)9-12/h6-9H,4-5,10H2,1-3H3. The molecule has 0 aliphatic carbocycles. The number of benzene rings is 1. The van der Waals surface area contributed by atoms with Gasteiger partial charge in [-0.25, -0.2) is 0 Å². The number of epoxide rings is 1. The van der Waals surface area contributed by atoms with Gasteiger partial charge in [-0.1, -0.05) is 43.7 Å². The van der Waals surface area contributed by atoms with Gasteiger partial charge in [0.25, 0.3) is 0 Å². The van der Waals surface area contributed by atoms with Crippen LogP contribution in [-0.2, 0) is 10.5 Å². The molecule has 15 heavy (non-hydrogen) atoms. The average molecular weight is 205 g/mol. The highest BCUT2D eigenvalue weighted by atomic mass is 16.6. The van der Waals surface area contributed by atoms with Gasteiger partial charge in [-0.05, 0) is 20.0 Å². The largest absolute Gasteiger partial charge is 0.349 e. The normalized spacial score (nSPS) is 24.5. The number of hydrogen-bond acceptors (Lipinski definition) is 2.